The lowest BCUT2D eigenvalue weighted by atomic mass is 10.0. The third-order valence-corrected chi connectivity index (χ3v) is 5.20. The maximum Gasteiger partial charge on any atom is 0.164 e. The molecule has 0 amide bonds. The van der Waals surface area contributed by atoms with Crippen LogP contribution in [0.1, 0.15) is 0 Å². The Morgan fingerprint density at radius 1 is 0.382 bits per heavy atom. The zero-order valence-corrected chi connectivity index (χ0v) is 19.5. The maximum absolute atomic E-state index is 6.28. The van der Waals surface area contributed by atoms with Crippen molar-refractivity contribution in [1.82, 2.24) is 0 Å². The molecule has 0 aliphatic rings. The fourth-order valence-electron chi connectivity index (χ4n) is 3.54. The summed E-state index contributed by atoms with van der Waals surface area (Å²) in [6.07, 6.45) is 0. The molecule has 4 aromatic rings. The first-order valence-corrected chi connectivity index (χ1v) is 10.6. The van der Waals surface area contributed by atoms with Crippen molar-refractivity contribution in [3.05, 3.63) is 84.9 Å². The normalized spacial score (nSPS) is 10.4. The van der Waals surface area contributed by atoms with Gasteiger partial charge in [0.25, 0.3) is 0 Å². The topological polar surface area (TPSA) is 55.4 Å². The molecular weight excluding hydrogens is 432 g/mol. The summed E-state index contributed by atoms with van der Waals surface area (Å²) in [5.41, 5.74) is 1.46. The highest BCUT2D eigenvalue weighted by Gasteiger charge is 2.21. The van der Waals surface area contributed by atoms with Gasteiger partial charge in [-0.1, -0.05) is 36.4 Å². The van der Waals surface area contributed by atoms with Crippen molar-refractivity contribution < 1.29 is 28.4 Å². The minimum absolute atomic E-state index is 0.545. The lowest BCUT2D eigenvalue weighted by molar-refractivity contribution is 0.351. The lowest BCUT2D eigenvalue weighted by Gasteiger charge is -2.20. The molecule has 0 aliphatic heterocycles. The number of rotatable bonds is 9. The average molecular weight is 459 g/mol. The van der Waals surface area contributed by atoms with Gasteiger partial charge >= 0.3 is 0 Å². The Kier molecular flexibility index (Phi) is 7.08. The monoisotopic (exact) mass is 458 g/mol. The van der Waals surface area contributed by atoms with E-state index in [0.717, 1.165) is 11.1 Å². The maximum atomic E-state index is 6.28. The SMILES string of the molecule is COc1cc(Oc2ccccc2)c(-c2cc(OC)c(OC)cc2Oc2ccccc2)cc1OC. The molecule has 174 valence electrons. The van der Waals surface area contributed by atoms with E-state index in [1.807, 2.05) is 72.8 Å². The molecule has 0 heterocycles. The van der Waals surface area contributed by atoms with Gasteiger partial charge in [0.15, 0.2) is 23.0 Å². The molecule has 6 heteroatoms. The molecule has 0 fully saturated rings. The van der Waals surface area contributed by atoms with Crippen LogP contribution in [0.3, 0.4) is 0 Å². The van der Waals surface area contributed by atoms with E-state index in [1.54, 1.807) is 40.6 Å². The highest BCUT2D eigenvalue weighted by Crippen LogP contribution is 2.48. The van der Waals surface area contributed by atoms with Gasteiger partial charge in [0, 0.05) is 23.3 Å². The van der Waals surface area contributed by atoms with E-state index < -0.39 is 0 Å². The molecule has 0 saturated heterocycles. The second kappa shape index (κ2) is 10.5. The number of ether oxygens (including phenoxy) is 6. The first-order chi connectivity index (χ1) is 16.7. The summed E-state index contributed by atoms with van der Waals surface area (Å²) in [5, 5.41) is 0. The average Bonchev–Trinajstić information content (AvgIpc) is 2.89. The number of para-hydroxylation sites is 2. The van der Waals surface area contributed by atoms with Crippen molar-refractivity contribution in [3.63, 3.8) is 0 Å². The van der Waals surface area contributed by atoms with Gasteiger partial charge in [-0.25, -0.2) is 0 Å². The van der Waals surface area contributed by atoms with Crippen molar-refractivity contribution in [2.24, 2.45) is 0 Å². The van der Waals surface area contributed by atoms with Crippen LogP contribution < -0.4 is 28.4 Å². The summed E-state index contributed by atoms with van der Waals surface area (Å²) in [4.78, 5) is 0. The predicted octanol–water partition coefficient (Wildman–Crippen LogP) is 6.97. The summed E-state index contributed by atoms with van der Waals surface area (Å²) in [6.45, 7) is 0. The van der Waals surface area contributed by atoms with E-state index >= 15 is 0 Å². The van der Waals surface area contributed by atoms with Gasteiger partial charge in [0.1, 0.15) is 23.0 Å². The van der Waals surface area contributed by atoms with E-state index in [2.05, 4.69) is 0 Å². The summed E-state index contributed by atoms with van der Waals surface area (Å²) < 4.78 is 34.8. The van der Waals surface area contributed by atoms with Gasteiger partial charge in [-0.2, -0.15) is 0 Å². The van der Waals surface area contributed by atoms with E-state index in [1.165, 1.54) is 0 Å². The van der Waals surface area contributed by atoms with Gasteiger partial charge < -0.3 is 28.4 Å². The summed E-state index contributed by atoms with van der Waals surface area (Å²) >= 11 is 0. The van der Waals surface area contributed by atoms with Crippen LogP contribution in [0.2, 0.25) is 0 Å². The third kappa shape index (κ3) is 4.86. The van der Waals surface area contributed by atoms with Gasteiger partial charge in [-0.15, -0.1) is 0 Å². The Morgan fingerprint density at radius 2 is 0.706 bits per heavy atom. The van der Waals surface area contributed by atoms with Crippen molar-refractivity contribution in [2.75, 3.05) is 28.4 Å². The Bertz CT molecular complexity index is 1140. The summed E-state index contributed by atoms with van der Waals surface area (Å²) in [5.74, 6) is 4.69. The van der Waals surface area contributed by atoms with E-state index in [-0.39, 0.29) is 0 Å². The van der Waals surface area contributed by atoms with Gasteiger partial charge in [0.2, 0.25) is 0 Å². The molecule has 0 aliphatic carbocycles. The molecule has 0 bridgehead atoms. The van der Waals surface area contributed by atoms with Crippen LogP contribution in [0, 0.1) is 0 Å². The molecule has 4 rings (SSSR count). The molecule has 0 radical (unpaired) electrons. The van der Waals surface area contributed by atoms with Crippen molar-refractivity contribution in [2.45, 2.75) is 0 Å². The van der Waals surface area contributed by atoms with Gasteiger partial charge in [-0.3, -0.25) is 0 Å². The smallest absolute Gasteiger partial charge is 0.164 e. The molecular formula is C28H26O6. The Hall–Kier alpha value is -4.32. The van der Waals surface area contributed by atoms with E-state index in [4.69, 9.17) is 28.4 Å². The first kappa shape index (κ1) is 22.9. The molecule has 34 heavy (non-hydrogen) atoms. The number of methoxy groups -OCH3 is 4. The molecule has 0 atom stereocenters. The van der Waals surface area contributed by atoms with Crippen LogP contribution in [0.15, 0.2) is 84.9 Å². The van der Waals surface area contributed by atoms with E-state index in [9.17, 15) is 0 Å². The van der Waals surface area contributed by atoms with Crippen molar-refractivity contribution >= 4 is 0 Å². The molecule has 0 spiro atoms. The summed E-state index contributed by atoms with van der Waals surface area (Å²) in [6, 6.07) is 26.4. The Balaban J connectivity index is 1.93. The number of hydrogen-bond donors (Lipinski definition) is 0. The first-order valence-electron chi connectivity index (χ1n) is 10.6. The molecule has 0 unspecified atom stereocenters. The molecule has 0 aromatic heterocycles. The van der Waals surface area contributed by atoms with Crippen LogP contribution in [0.25, 0.3) is 11.1 Å². The zero-order chi connectivity index (χ0) is 23.9. The van der Waals surface area contributed by atoms with Crippen LogP contribution in [-0.2, 0) is 0 Å². The molecule has 0 N–H and O–H groups in total. The standard InChI is InChI=1S/C28H26O6/c1-29-25-15-21(23(17-27(25)31-3)33-19-11-7-5-8-12-19)22-16-26(30-2)28(32-4)18-24(22)34-20-13-9-6-10-14-20/h5-18H,1-4H3. The van der Waals surface area contributed by atoms with Crippen LogP contribution >= 0.6 is 0 Å². The second-order valence-electron chi connectivity index (χ2n) is 7.24. The predicted molar refractivity (Wildman–Crippen MR) is 131 cm³/mol. The van der Waals surface area contributed by atoms with E-state index in [0.29, 0.717) is 46.0 Å². The van der Waals surface area contributed by atoms with Crippen LogP contribution in [0.4, 0.5) is 0 Å². The Morgan fingerprint density at radius 3 is 1.03 bits per heavy atom. The minimum Gasteiger partial charge on any atom is -0.493 e. The highest BCUT2D eigenvalue weighted by atomic mass is 16.5. The Labute approximate surface area is 199 Å². The van der Waals surface area contributed by atoms with Gasteiger partial charge in [-0.05, 0) is 36.4 Å². The minimum atomic E-state index is 0.545. The summed E-state index contributed by atoms with van der Waals surface area (Å²) in [7, 11) is 6.36. The largest absolute Gasteiger partial charge is 0.493 e. The third-order valence-electron chi connectivity index (χ3n) is 5.20. The van der Waals surface area contributed by atoms with Gasteiger partial charge in [0.05, 0.1) is 28.4 Å². The fraction of sp³-hybridized carbons (Fsp3) is 0.143. The number of benzene rings is 4. The molecule has 6 nitrogen and oxygen atoms in total. The van der Waals surface area contributed by atoms with Crippen molar-refractivity contribution in [3.8, 4) is 57.1 Å². The quantitative estimate of drug-likeness (QED) is 0.270. The molecule has 4 aromatic carbocycles. The molecule has 0 saturated carbocycles. The lowest BCUT2D eigenvalue weighted by Crippen LogP contribution is -1.98. The zero-order valence-electron chi connectivity index (χ0n) is 19.5. The fourth-order valence-corrected chi connectivity index (χ4v) is 3.54. The number of hydrogen-bond acceptors (Lipinski definition) is 6. The second-order valence-corrected chi connectivity index (χ2v) is 7.24. The van der Waals surface area contributed by atoms with Crippen molar-refractivity contribution in [1.29, 1.82) is 0 Å². The van der Waals surface area contributed by atoms with Crippen LogP contribution in [0.5, 0.6) is 46.0 Å². The highest BCUT2D eigenvalue weighted by molar-refractivity contribution is 5.81. The van der Waals surface area contributed by atoms with Crippen LogP contribution in [-0.4, -0.2) is 28.4 Å².